The van der Waals surface area contributed by atoms with Crippen LogP contribution in [0.15, 0.2) is 17.8 Å². The molecule has 1 aromatic carbocycles. The van der Waals surface area contributed by atoms with Gasteiger partial charge in [-0.2, -0.15) is 0 Å². The van der Waals surface area contributed by atoms with Gasteiger partial charge in [-0.3, -0.25) is 19.8 Å². The Morgan fingerprint density at radius 2 is 2.13 bits per heavy atom. The second-order valence-corrected chi connectivity index (χ2v) is 4.79. The van der Waals surface area contributed by atoms with E-state index in [0.717, 1.165) is 17.0 Å². The molecule has 9 nitrogen and oxygen atoms in total. The number of urea groups is 1. The van der Waals surface area contributed by atoms with E-state index >= 15 is 0 Å². The number of non-ortho nitro benzene ring substituents is 1. The summed E-state index contributed by atoms with van der Waals surface area (Å²) in [6.45, 7) is 2.08. The summed E-state index contributed by atoms with van der Waals surface area (Å²) < 4.78 is 4.88. The van der Waals surface area contributed by atoms with Crippen LogP contribution in [0, 0.1) is 10.1 Å². The van der Waals surface area contributed by atoms with Crippen molar-refractivity contribution < 1.29 is 24.4 Å². The lowest BCUT2D eigenvalue weighted by Gasteiger charge is -2.09. The molecule has 23 heavy (non-hydrogen) atoms. The molecular weight excluding hydrogens is 306 g/mol. The van der Waals surface area contributed by atoms with E-state index in [1.54, 1.807) is 0 Å². The summed E-state index contributed by atoms with van der Waals surface area (Å²) in [5.41, 5.74) is -0.381. The quantitative estimate of drug-likeness (QED) is 0.368. The van der Waals surface area contributed by atoms with Crippen LogP contribution < -0.4 is 10.1 Å². The van der Waals surface area contributed by atoms with Crippen molar-refractivity contribution in [1.29, 1.82) is 0 Å². The highest BCUT2D eigenvalue weighted by atomic mass is 16.6. The number of phenols is 1. The first-order valence-electron chi connectivity index (χ1n) is 6.79. The first kappa shape index (κ1) is 16.3. The van der Waals surface area contributed by atoms with Crippen molar-refractivity contribution in [2.75, 3.05) is 13.7 Å². The second kappa shape index (κ2) is 6.34. The van der Waals surface area contributed by atoms with Gasteiger partial charge in [-0.05, 0) is 12.5 Å². The number of rotatable bonds is 5. The number of ether oxygens (including phenoxy) is 1. The highest BCUT2D eigenvalue weighted by Crippen LogP contribution is 2.36. The number of carbonyl (C=O) groups is 2. The van der Waals surface area contributed by atoms with Gasteiger partial charge < -0.3 is 15.2 Å². The minimum Gasteiger partial charge on any atom is -0.504 e. The maximum absolute atomic E-state index is 12.1. The first-order chi connectivity index (χ1) is 10.9. The van der Waals surface area contributed by atoms with Gasteiger partial charge in [0.1, 0.15) is 5.70 Å². The van der Waals surface area contributed by atoms with E-state index in [0.29, 0.717) is 6.42 Å². The van der Waals surface area contributed by atoms with Gasteiger partial charge >= 0.3 is 6.03 Å². The van der Waals surface area contributed by atoms with Gasteiger partial charge in [0.05, 0.1) is 18.1 Å². The zero-order valence-electron chi connectivity index (χ0n) is 12.5. The number of aromatic hydroxyl groups is 1. The van der Waals surface area contributed by atoms with E-state index in [4.69, 9.17) is 4.74 Å². The van der Waals surface area contributed by atoms with E-state index in [1.807, 2.05) is 6.92 Å². The van der Waals surface area contributed by atoms with Gasteiger partial charge in [0.15, 0.2) is 11.5 Å². The summed E-state index contributed by atoms with van der Waals surface area (Å²) in [5, 5.41) is 23.4. The number of nitrogens with one attached hydrogen (secondary N) is 1. The summed E-state index contributed by atoms with van der Waals surface area (Å²) in [4.78, 5) is 35.1. The number of nitro groups is 1. The predicted molar refractivity (Wildman–Crippen MR) is 79.8 cm³/mol. The lowest BCUT2D eigenvalue weighted by Crippen LogP contribution is -2.31. The minimum atomic E-state index is -0.650. The second-order valence-electron chi connectivity index (χ2n) is 4.79. The van der Waals surface area contributed by atoms with Crippen LogP contribution in [0.2, 0.25) is 0 Å². The molecule has 0 aromatic heterocycles. The third-order valence-electron chi connectivity index (χ3n) is 3.23. The Bertz CT molecular complexity index is 713. The molecule has 2 rings (SSSR count). The van der Waals surface area contributed by atoms with Crippen LogP contribution in [0.25, 0.3) is 6.08 Å². The molecule has 1 aliphatic heterocycles. The number of imide groups is 1. The summed E-state index contributed by atoms with van der Waals surface area (Å²) >= 11 is 0. The van der Waals surface area contributed by atoms with Crippen LogP contribution in [0.5, 0.6) is 11.5 Å². The van der Waals surface area contributed by atoms with Crippen LogP contribution in [0.4, 0.5) is 10.5 Å². The van der Waals surface area contributed by atoms with Gasteiger partial charge in [-0.15, -0.1) is 0 Å². The van der Waals surface area contributed by atoms with E-state index in [9.17, 15) is 24.8 Å². The van der Waals surface area contributed by atoms with Gasteiger partial charge in [0, 0.05) is 18.2 Å². The van der Waals surface area contributed by atoms with Crippen molar-refractivity contribution in [2.45, 2.75) is 13.3 Å². The van der Waals surface area contributed by atoms with Gasteiger partial charge in [0.25, 0.3) is 11.6 Å². The topological polar surface area (TPSA) is 122 Å². The third kappa shape index (κ3) is 3.07. The Labute approximate surface area is 131 Å². The standard InChI is InChI=1S/C14H15N3O6/c1-3-4-16-13(19)10(15-14(16)20)6-8-5-9(17(21)22)7-11(23-2)12(8)18/h5-7,18H,3-4H2,1-2H3,(H,15,20)/b10-6+. The lowest BCUT2D eigenvalue weighted by atomic mass is 10.1. The van der Waals surface area contributed by atoms with Crippen molar-refractivity contribution in [3.63, 3.8) is 0 Å². The van der Waals surface area contributed by atoms with Gasteiger partial charge in [-0.25, -0.2) is 4.79 Å². The number of methoxy groups -OCH3 is 1. The SMILES string of the molecule is CCCN1C(=O)N/C(=C/c2cc([N+](=O)[O-])cc(OC)c2O)C1=O. The molecule has 1 aliphatic rings. The normalized spacial score (nSPS) is 15.9. The molecule has 1 fully saturated rings. The Morgan fingerprint density at radius 3 is 2.70 bits per heavy atom. The number of nitro benzene ring substituents is 1. The fourth-order valence-electron chi connectivity index (χ4n) is 2.14. The van der Waals surface area contributed by atoms with Crippen molar-refractivity contribution in [1.82, 2.24) is 10.2 Å². The third-order valence-corrected chi connectivity index (χ3v) is 3.23. The smallest absolute Gasteiger partial charge is 0.329 e. The monoisotopic (exact) mass is 321 g/mol. The van der Waals surface area contributed by atoms with Crippen LogP contribution in [-0.4, -0.2) is 40.5 Å². The first-order valence-corrected chi connectivity index (χ1v) is 6.79. The molecule has 0 aliphatic carbocycles. The van der Waals surface area contributed by atoms with E-state index in [2.05, 4.69) is 5.32 Å². The predicted octanol–water partition coefficient (Wildman–Crippen LogP) is 1.61. The molecule has 0 saturated carbocycles. The van der Waals surface area contributed by atoms with Crippen LogP contribution in [0.3, 0.4) is 0 Å². The summed E-state index contributed by atoms with van der Waals surface area (Å²) in [5.74, 6) is -1.02. The van der Waals surface area contributed by atoms with Crippen molar-refractivity contribution in [3.05, 3.63) is 33.5 Å². The Morgan fingerprint density at radius 1 is 1.43 bits per heavy atom. The molecule has 0 bridgehead atoms. The molecular formula is C14H15N3O6. The van der Waals surface area contributed by atoms with E-state index in [1.165, 1.54) is 13.2 Å². The molecule has 0 unspecified atom stereocenters. The van der Waals surface area contributed by atoms with Gasteiger partial charge in [0.2, 0.25) is 0 Å². The fraction of sp³-hybridized carbons (Fsp3) is 0.286. The molecule has 2 N–H and O–H groups in total. The number of carbonyl (C=O) groups excluding carboxylic acids is 2. The van der Waals surface area contributed by atoms with E-state index < -0.39 is 16.9 Å². The number of hydrogen-bond donors (Lipinski definition) is 2. The average Bonchev–Trinajstić information content (AvgIpc) is 2.77. The van der Waals surface area contributed by atoms with E-state index in [-0.39, 0.29) is 35.0 Å². The minimum absolute atomic E-state index is 0.00181. The van der Waals surface area contributed by atoms with Crippen molar-refractivity contribution >= 4 is 23.7 Å². The number of amides is 3. The van der Waals surface area contributed by atoms with Crippen LogP contribution >= 0.6 is 0 Å². The molecule has 1 aromatic rings. The number of phenolic OH excluding ortho intramolecular Hbond substituents is 1. The number of nitrogens with zero attached hydrogens (tertiary/aromatic N) is 2. The summed E-state index contributed by atoms with van der Waals surface area (Å²) in [6, 6.07) is 1.59. The molecule has 0 spiro atoms. The fourth-order valence-corrected chi connectivity index (χ4v) is 2.14. The molecule has 0 atom stereocenters. The largest absolute Gasteiger partial charge is 0.504 e. The van der Waals surface area contributed by atoms with Crippen LogP contribution in [-0.2, 0) is 4.79 Å². The van der Waals surface area contributed by atoms with Crippen molar-refractivity contribution in [2.24, 2.45) is 0 Å². The van der Waals surface area contributed by atoms with Crippen molar-refractivity contribution in [3.8, 4) is 11.5 Å². The molecule has 0 radical (unpaired) electrons. The Kier molecular flexibility index (Phi) is 4.49. The Hall–Kier alpha value is -3.10. The maximum atomic E-state index is 12.1. The molecule has 122 valence electrons. The molecule has 9 heteroatoms. The highest BCUT2D eigenvalue weighted by Gasteiger charge is 2.33. The zero-order valence-corrected chi connectivity index (χ0v) is 12.5. The average molecular weight is 321 g/mol. The molecule has 3 amide bonds. The maximum Gasteiger partial charge on any atom is 0.329 e. The number of benzene rings is 1. The highest BCUT2D eigenvalue weighted by molar-refractivity contribution is 6.14. The lowest BCUT2D eigenvalue weighted by molar-refractivity contribution is -0.385. The zero-order chi connectivity index (χ0) is 17.1. The summed E-state index contributed by atoms with van der Waals surface area (Å²) in [6.07, 6.45) is 1.78. The van der Waals surface area contributed by atoms with Crippen LogP contribution in [0.1, 0.15) is 18.9 Å². The number of hydrogen-bond acceptors (Lipinski definition) is 6. The molecule has 1 heterocycles. The Balaban J connectivity index is 2.47. The van der Waals surface area contributed by atoms with Gasteiger partial charge in [-0.1, -0.05) is 6.92 Å². The molecule has 1 saturated heterocycles. The summed E-state index contributed by atoms with van der Waals surface area (Å²) in [7, 11) is 1.25.